The van der Waals surface area contributed by atoms with Crippen molar-refractivity contribution in [1.29, 1.82) is 0 Å². The van der Waals surface area contributed by atoms with Crippen LogP contribution in [0.15, 0.2) is 0 Å². The molecule has 0 aliphatic carbocycles. The monoisotopic (exact) mass is 222 g/mol. The molecule has 0 saturated heterocycles. The van der Waals surface area contributed by atoms with E-state index in [1.807, 2.05) is 0 Å². The Morgan fingerprint density at radius 1 is 0.667 bits per heavy atom. The summed E-state index contributed by atoms with van der Waals surface area (Å²) >= 11 is 0. The minimum atomic E-state index is -0.208. The van der Waals surface area contributed by atoms with Crippen LogP contribution in [0.1, 0.15) is 0 Å². The van der Waals surface area contributed by atoms with Crippen molar-refractivity contribution in [3.05, 3.63) is 0 Å². The molecular formula is C10H22O5. The largest absolute Gasteiger partial charge is 0.382 e. The molecule has 2 unspecified atom stereocenters. The number of hydrogen-bond donors (Lipinski definition) is 0. The highest BCUT2D eigenvalue weighted by atomic mass is 16.6. The molecule has 0 bridgehead atoms. The zero-order valence-corrected chi connectivity index (χ0v) is 10.2. The van der Waals surface area contributed by atoms with E-state index < -0.39 is 0 Å². The van der Waals surface area contributed by atoms with Gasteiger partial charge in [-0.25, -0.2) is 0 Å². The highest BCUT2D eigenvalue weighted by molar-refractivity contribution is 4.78. The van der Waals surface area contributed by atoms with E-state index in [2.05, 4.69) is 0 Å². The van der Waals surface area contributed by atoms with Crippen molar-refractivity contribution in [2.45, 2.75) is 18.3 Å². The lowest BCUT2D eigenvalue weighted by molar-refractivity contribution is -0.137. The molecule has 0 spiro atoms. The number of ether oxygens (including phenoxy) is 5. The van der Waals surface area contributed by atoms with Crippen molar-refractivity contribution in [1.82, 2.24) is 0 Å². The molecule has 5 nitrogen and oxygen atoms in total. The average molecular weight is 222 g/mol. The van der Waals surface area contributed by atoms with Crippen LogP contribution >= 0.6 is 0 Å². The van der Waals surface area contributed by atoms with E-state index >= 15 is 0 Å². The molecule has 2 atom stereocenters. The third-order valence-corrected chi connectivity index (χ3v) is 2.27. The second-order valence-corrected chi connectivity index (χ2v) is 3.16. The fourth-order valence-electron chi connectivity index (χ4n) is 1.47. The van der Waals surface area contributed by atoms with E-state index in [9.17, 15) is 0 Å². The Kier molecular flexibility index (Phi) is 8.94. The van der Waals surface area contributed by atoms with Gasteiger partial charge < -0.3 is 23.7 Å². The van der Waals surface area contributed by atoms with E-state index in [-0.39, 0.29) is 18.3 Å². The molecule has 0 rings (SSSR count). The topological polar surface area (TPSA) is 46.2 Å². The summed E-state index contributed by atoms with van der Waals surface area (Å²) in [4.78, 5) is 0. The Bertz CT molecular complexity index is 128. The summed E-state index contributed by atoms with van der Waals surface area (Å²) in [6.07, 6.45) is -0.542. The second-order valence-electron chi connectivity index (χ2n) is 3.16. The molecule has 0 aliphatic rings. The Balaban J connectivity index is 4.37. The summed E-state index contributed by atoms with van der Waals surface area (Å²) in [5, 5.41) is 0. The van der Waals surface area contributed by atoms with Gasteiger partial charge in [0.2, 0.25) is 0 Å². The van der Waals surface area contributed by atoms with Crippen LogP contribution in [0.25, 0.3) is 0 Å². The van der Waals surface area contributed by atoms with Crippen LogP contribution in [0.5, 0.6) is 0 Å². The van der Waals surface area contributed by atoms with Crippen molar-refractivity contribution < 1.29 is 23.7 Å². The number of rotatable bonds is 9. The smallest absolute Gasteiger partial charge is 0.114 e. The van der Waals surface area contributed by atoms with Gasteiger partial charge in [0.1, 0.15) is 18.3 Å². The SMILES string of the molecule is COCC(OC)C(OC)C(COC)OC. The van der Waals surface area contributed by atoms with Crippen molar-refractivity contribution in [3.8, 4) is 0 Å². The van der Waals surface area contributed by atoms with E-state index in [1.165, 1.54) is 0 Å². The fourth-order valence-corrected chi connectivity index (χ4v) is 1.47. The van der Waals surface area contributed by atoms with Gasteiger partial charge in [0, 0.05) is 35.5 Å². The molecule has 0 aromatic rings. The van der Waals surface area contributed by atoms with Gasteiger partial charge in [0.05, 0.1) is 13.2 Å². The highest BCUT2D eigenvalue weighted by Crippen LogP contribution is 2.11. The van der Waals surface area contributed by atoms with Gasteiger partial charge in [-0.2, -0.15) is 0 Å². The first-order valence-electron chi connectivity index (χ1n) is 4.81. The predicted molar refractivity (Wildman–Crippen MR) is 56.1 cm³/mol. The Hall–Kier alpha value is -0.200. The van der Waals surface area contributed by atoms with Crippen LogP contribution in [0, 0.1) is 0 Å². The fraction of sp³-hybridized carbons (Fsp3) is 1.00. The first-order valence-corrected chi connectivity index (χ1v) is 4.81. The standard InChI is InChI=1S/C10H22O5/c1-11-6-8(13-3)10(15-5)9(14-4)7-12-2/h8-10H,6-7H2,1-5H3. The van der Waals surface area contributed by atoms with Gasteiger partial charge in [-0.05, 0) is 0 Å². The van der Waals surface area contributed by atoms with Gasteiger partial charge in [-0.15, -0.1) is 0 Å². The van der Waals surface area contributed by atoms with E-state index in [0.717, 1.165) is 0 Å². The molecule has 0 aliphatic heterocycles. The molecule has 5 heteroatoms. The summed E-state index contributed by atoms with van der Waals surface area (Å²) in [5.74, 6) is 0. The maximum Gasteiger partial charge on any atom is 0.114 e. The zero-order valence-electron chi connectivity index (χ0n) is 10.2. The summed E-state index contributed by atoms with van der Waals surface area (Å²) in [6.45, 7) is 0.914. The van der Waals surface area contributed by atoms with Gasteiger partial charge in [0.25, 0.3) is 0 Å². The molecule has 0 fully saturated rings. The van der Waals surface area contributed by atoms with E-state index in [4.69, 9.17) is 23.7 Å². The van der Waals surface area contributed by atoms with Crippen molar-refractivity contribution in [2.24, 2.45) is 0 Å². The summed E-state index contributed by atoms with van der Waals surface area (Å²) in [6, 6.07) is 0. The molecule has 0 aromatic heterocycles. The lowest BCUT2D eigenvalue weighted by Gasteiger charge is -2.30. The summed E-state index contributed by atoms with van der Waals surface area (Å²) < 4.78 is 26.0. The zero-order chi connectivity index (χ0) is 11.7. The normalized spacial score (nSPS) is 17.4. The van der Waals surface area contributed by atoms with Gasteiger partial charge >= 0.3 is 0 Å². The maximum atomic E-state index is 5.35. The molecule has 0 N–H and O–H groups in total. The third-order valence-electron chi connectivity index (χ3n) is 2.27. The molecule has 0 amide bonds. The first kappa shape index (κ1) is 14.8. The van der Waals surface area contributed by atoms with Gasteiger partial charge in [-0.3, -0.25) is 0 Å². The van der Waals surface area contributed by atoms with Crippen LogP contribution in [0.3, 0.4) is 0 Å². The van der Waals surface area contributed by atoms with Gasteiger partial charge in [-0.1, -0.05) is 0 Å². The van der Waals surface area contributed by atoms with Crippen LogP contribution in [-0.2, 0) is 23.7 Å². The molecule has 0 heterocycles. The van der Waals surface area contributed by atoms with Crippen molar-refractivity contribution in [3.63, 3.8) is 0 Å². The summed E-state index contributed by atoms with van der Waals surface area (Å²) in [5.41, 5.74) is 0. The summed E-state index contributed by atoms with van der Waals surface area (Å²) in [7, 11) is 8.10. The number of hydrogen-bond acceptors (Lipinski definition) is 5. The predicted octanol–water partition coefficient (Wildman–Crippen LogP) is 0.324. The highest BCUT2D eigenvalue weighted by Gasteiger charge is 2.29. The Morgan fingerprint density at radius 3 is 1.27 bits per heavy atom. The second kappa shape index (κ2) is 9.06. The molecule has 15 heavy (non-hydrogen) atoms. The minimum absolute atomic E-state index is 0.167. The van der Waals surface area contributed by atoms with Crippen molar-refractivity contribution >= 4 is 0 Å². The number of methoxy groups -OCH3 is 5. The Morgan fingerprint density at radius 2 is 1.07 bits per heavy atom. The lowest BCUT2D eigenvalue weighted by Crippen LogP contribution is -2.45. The van der Waals surface area contributed by atoms with E-state index in [0.29, 0.717) is 13.2 Å². The maximum absolute atomic E-state index is 5.35. The minimum Gasteiger partial charge on any atom is -0.382 e. The van der Waals surface area contributed by atoms with Crippen LogP contribution in [0.2, 0.25) is 0 Å². The quantitative estimate of drug-likeness (QED) is 0.562. The molecular weight excluding hydrogens is 200 g/mol. The van der Waals surface area contributed by atoms with E-state index in [1.54, 1.807) is 35.5 Å². The molecule has 0 saturated carbocycles. The lowest BCUT2D eigenvalue weighted by atomic mass is 10.1. The first-order chi connectivity index (χ1) is 7.24. The van der Waals surface area contributed by atoms with Crippen molar-refractivity contribution in [2.75, 3.05) is 48.8 Å². The third kappa shape index (κ3) is 4.90. The molecule has 92 valence electrons. The van der Waals surface area contributed by atoms with Crippen LogP contribution in [0.4, 0.5) is 0 Å². The van der Waals surface area contributed by atoms with Crippen LogP contribution in [-0.4, -0.2) is 67.1 Å². The molecule has 0 radical (unpaired) electrons. The molecule has 0 aromatic carbocycles. The average Bonchev–Trinajstić information content (AvgIpc) is 2.27. The Labute approximate surface area is 91.6 Å². The van der Waals surface area contributed by atoms with Gasteiger partial charge in [0.15, 0.2) is 0 Å². The van der Waals surface area contributed by atoms with Crippen LogP contribution < -0.4 is 0 Å².